The highest BCUT2D eigenvalue weighted by Gasteiger charge is 2.22. The summed E-state index contributed by atoms with van der Waals surface area (Å²) in [5, 5.41) is 4.64. The predicted molar refractivity (Wildman–Crippen MR) is 125 cm³/mol. The van der Waals surface area contributed by atoms with Crippen LogP contribution in [0.1, 0.15) is 32.4 Å². The first-order chi connectivity index (χ1) is 14.6. The number of para-hydroxylation sites is 2. The fraction of sp³-hybridized carbons (Fsp3) is 0.185. The molecule has 0 saturated heterocycles. The third kappa shape index (κ3) is 2.58. The topological polar surface area (TPSA) is 30.7 Å². The van der Waals surface area contributed by atoms with E-state index in [4.69, 9.17) is 9.97 Å². The van der Waals surface area contributed by atoms with E-state index in [-0.39, 0.29) is 5.41 Å². The van der Waals surface area contributed by atoms with Crippen LogP contribution in [-0.2, 0) is 0 Å². The van der Waals surface area contributed by atoms with Crippen molar-refractivity contribution in [3.8, 4) is 5.95 Å². The summed E-state index contributed by atoms with van der Waals surface area (Å²) >= 11 is 0. The van der Waals surface area contributed by atoms with E-state index in [1.807, 2.05) is 0 Å². The lowest BCUT2D eigenvalue weighted by Gasteiger charge is -2.11. The molecule has 2 aromatic carbocycles. The van der Waals surface area contributed by atoms with Crippen molar-refractivity contribution in [3.63, 3.8) is 0 Å². The Morgan fingerprint density at radius 2 is 1.53 bits per heavy atom. The second kappa shape index (κ2) is 6.27. The van der Waals surface area contributed by atoms with Crippen LogP contribution in [0.2, 0.25) is 0 Å². The molecule has 3 nitrogen and oxygen atoms in total. The van der Waals surface area contributed by atoms with Crippen molar-refractivity contribution in [1.82, 2.24) is 14.5 Å². The minimum absolute atomic E-state index is 0.0237. The van der Waals surface area contributed by atoms with Gasteiger partial charge in [0.15, 0.2) is 0 Å². The number of allylic oxidation sites excluding steroid dienone is 4. The van der Waals surface area contributed by atoms with Gasteiger partial charge in [-0.05, 0) is 36.6 Å². The number of rotatable bonds is 2. The average molecular weight is 390 g/mol. The predicted octanol–water partition coefficient (Wildman–Crippen LogP) is 4.91. The Labute approximate surface area is 175 Å². The van der Waals surface area contributed by atoms with Crippen LogP contribution in [0.3, 0.4) is 0 Å². The molecule has 146 valence electrons. The van der Waals surface area contributed by atoms with Crippen LogP contribution < -0.4 is 10.6 Å². The fourth-order valence-electron chi connectivity index (χ4n) is 4.74. The summed E-state index contributed by atoms with van der Waals surface area (Å²) in [5.74, 6) is 0.739. The van der Waals surface area contributed by atoms with E-state index in [2.05, 4.69) is 97.3 Å². The highest BCUT2D eigenvalue weighted by atomic mass is 15.2. The summed E-state index contributed by atoms with van der Waals surface area (Å²) < 4.78 is 2.21. The van der Waals surface area contributed by atoms with Gasteiger partial charge in [0.05, 0.1) is 22.1 Å². The van der Waals surface area contributed by atoms with Crippen molar-refractivity contribution in [2.75, 3.05) is 0 Å². The van der Waals surface area contributed by atoms with Crippen molar-refractivity contribution in [2.45, 2.75) is 26.7 Å². The highest BCUT2D eigenvalue weighted by Crippen LogP contribution is 2.31. The first-order valence-electron chi connectivity index (χ1n) is 10.6. The molecule has 6 rings (SSSR count). The third-order valence-electron chi connectivity index (χ3n) is 6.04. The van der Waals surface area contributed by atoms with Crippen LogP contribution >= 0.6 is 0 Å². The Balaban J connectivity index is 1.73. The lowest BCUT2D eigenvalue weighted by atomic mass is 9.95. The maximum atomic E-state index is 5.16. The zero-order chi connectivity index (χ0) is 20.3. The Kier molecular flexibility index (Phi) is 3.64. The lowest BCUT2D eigenvalue weighted by Crippen LogP contribution is -2.32. The van der Waals surface area contributed by atoms with Gasteiger partial charge in [-0.3, -0.25) is 4.57 Å². The van der Waals surface area contributed by atoms with E-state index >= 15 is 0 Å². The van der Waals surface area contributed by atoms with E-state index in [1.54, 1.807) is 0 Å². The number of benzene rings is 2. The van der Waals surface area contributed by atoms with Crippen molar-refractivity contribution in [2.24, 2.45) is 5.41 Å². The SMILES string of the molecule is CC1(C)C=c2nc(-n3c4ccccc4c4ccccc43)nc(C3=CCCC=C3)c2=C1. The molecule has 3 heteroatoms. The largest absolute Gasteiger partial charge is 0.278 e. The number of fused-ring (bicyclic) bond motifs is 4. The van der Waals surface area contributed by atoms with Gasteiger partial charge in [0.1, 0.15) is 0 Å². The number of hydrogen-bond acceptors (Lipinski definition) is 2. The maximum absolute atomic E-state index is 5.16. The minimum Gasteiger partial charge on any atom is -0.278 e. The second-order valence-electron chi connectivity index (χ2n) is 8.79. The van der Waals surface area contributed by atoms with Gasteiger partial charge < -0.3 is 0 Å². The summed E-state index contributed by atoms with van der Waals surface area (Å²) in [6.45, 7) is 4.45. The van der Waals surface area contributed by atoms with Gasteiger partial charge in [-0.25, -0.2) is 9.97 Å². The van der Waals surface area contributed by atoms with E-state index in [9.17, 15) is 0 Å². The van der Waals surface area contributed by atoms with Crippen LogP contribution in [-0.4, -0.2) is 14.5 Å². The first kappa shape index (κ1) is 17.4. The van der Waals surface area contributed by atoms with Gasteiger partial charge >= 0.3 is 0 Å². The normalized spacial score (nSPS) is 16.9. The van der Waals surface area contributed by atoms with Crippen molar-refractivity contribution >= 4 is 39.5 Å². The maximum Gasteiger partial charge on any atom is 0.235 e. The molecular formula is C27H23N3. The van der Waals surface area contributed by atoms with Crippen molar-refractivity contribution < 1.29 is 0 Å². The first-order valence-corrected chi connectivity index (χ1v) is 10.6. The number of aromatic nitrogens is 3. The summed E-state index contributed by atoms with van der Waals surface area (Å²) in [4.78, 5) is 10.2. The smallest absolute Gasteiger partial charge is 0.235 e. The Hall–Kier alpha value is -3.46. The Bertz CT molecular complexity index is 1460. The highest BCUT2D eigenvalue weighted by molar-refractivity contribution is 6.08. The Morgan fingerprint density at radius 1 is 0.833 bits per heavy atom. The van der Waals surface area contributed by atoms with E-state index < -0.39 is 0 Å². The van der Waals surface area contributed by atoms with Crippen LogP contribution in [0.25, 0.3) is 45.5 Å². The van der Waals surface area contributed by atoms with Crippen molar-refractivity contribution in [3.05, 3.63) is 83.0 Å². The van der Waals surface area contributed by atoms with Gasteiger partial charge in [-0.2, -0.15) is 0 Å². The molecule has 0 aliphatic heterocycles. The molecule has 0 radical (unpaired) electrons. The molecule has 0 atom stereocenters. The number of nitrogens with zero attached hydrogens (tertiary/aromatic N) is 3. The molecular weight excluding hydrogens is 366 g/mol. The van der Waals surface area contributed by atoms with E-state index in [1.165, 1.54) is 16.3 Å². The molecule has 2 aromatic heterocycles. The average Bonchev–Trinajstić information content (AvgIpc) is 3.26. The van der Waals surface area contributed by atoms with E-state index in [0.29, 0.717) is 0 Å². The van der Waals surface area contributed by atoms with Crippen LogP contribution in [0.15, 0.2) is 66.8 Å². The van der Waals surface area contributed by atoms with E-state index in [0.717, 1.165) is 46.1 Å². The van der Waals surface area contributed by atoms with Crippen LogP contribution in [0, 0.1) is 5.41 Å². The molecule has 0 N–H and O–H groups in total. The molecule has 0 bridgehead atoms. The van der Waals surface area contributed by atoms with Gasteiger partial charge in [-0.1, -0.05) is 74.5 Å². The summed E-state index contributed by atoms with van der Waals surface area (Å²) in [7, 11) is 0. The second-order valence-corrected chi connectivity index (χ2v) is 8.79. The Morgan fingerprint density at radius 3 is 2.20 bits per heavy atom. The molecule has 2 aliphatic carbocycles. The van der Waals surface area contributed by atoms with Gasteiger partial charge in [0.2, 0.25) is 5.95 Å². The quantitative estimate of drug-likeness (QED) is 0.488. The van der Waals surface area contributed by atoms with Crippen LogP contribution in [0.4, 0.5) is 0 Å². The molecule has 0 spiro atoms. The van der Waals surface area contributed by atoms with Gasteiger partial charge in [-0.15, -0.1) is 0 Å². The lowest BCUT2D eigenvalue weighted by molar-refractivity contribution is 0.723. The third-order valence-corrected chi connectivity index (χ3v) is 6.04. The summed E-state index contributed by atoms with van der Waals surface area (Å²) in [6.07, 6.45) is 13.5. The van der Waals surface area contributed by atoms with Crippen molar-refractivity contribution in [1.29, 1.82) is 0 Å². The molecule has 0 amide bonds. The zero-order valence-corrected chi connectivity index (χ0v) is 17.3. The van der Waals surface area contributed by atoms with Gasteiger partial charge in [0.25, 0.3) is 0 Å². The van der Waals surface area contributed by atoms with Gasteiger partial charge in [0, 0.05) is 21.4 Å². The summed E-state index contributed by atoms with van der Waals surface area (Å²) in [6, 6.07) is 17.0. The molecule has 2 aliphatic rings. The fourth-order valence-corrected chi connectivity index (χ4v) is 4.74. The van der Waals surface area contributed by atoms with Crippen LogP contribution in [0.5, 0.6) is 0 Å². The molecule has 0 unspecified atom stereocenters. The molecule has 0 saturated carbocycles. The molecule has 4 aromatic rings. The zero-order valence-electron chi connectivity index (χ0n) is 17.3. The molecule has 30 heavy (non-hydrogen) atoms. The summed E-state index contributed by atoms with van der Waals surface area (Å²) in [5.41, 5.74) is 4.49. The number of hydrogen-bond donors (Lipinski definition) is 0. The molecule has 2 heterocycles. The minimum atomic E-state index is -0.0237. The monoisotopic (exact) mass is 389 g/mol. The standard InChI is InChI=1S/C27H23N3/c1-27(2)16-21-22(17-27)28-26(29-25(21)18-10-4-3-5-11-18)30-23-14-8-6-12-19(23)20-13-7-9-15-24(20)30/h4,6-17H,3,5H2,1-2H3. The molecule has 0 fully saturated rings.